The number of hydrogen-bond acceptors (Lipinski definition) is 3. The molecule has 21 heavy (non-hydrogen) atoms. The molecule has 1 atom stereocenters. The van der Waals surface area contributed by atoms with Crippen LogP contribution in [0.4, 0.5) is 0 Å². The van der Waals surface area contributed by atoms with Crippen molar-refractivity contribution in [1.29, 1.82) is 0 Å². The number of benzene rings is 1. The van der Waals surface area contributed by atoms with Gasteiger partial charge in [0.2, 0.25) is 0 Å². The van der Waals surface area contributed by atoms with Gasteiger partial charge in [0.25, 0.3) is 5.91 Å². The molecule has 0 saturated carbocycles. The number of nitrogens with two attached hydrogens (primary N) is 1. The van der Waals surface area contributed by atoms with Crippen molar-refractivity contribution in [2.24, 2.45) is 5.73 Å². The molecule has 0 aliphatic carbocycles. The molecule has 0 aliphatic rings. The fourth-order valence-corrected chi connectivity index (χ4v) is 2.48. The van der Waals surface area contributed by atoms with Crippen molar-refractivity contribution in [2.45, 2.75) is 26.3 Å². The van der Waals surface area contributed by atoms with Crippen molar-refractivity contribution in [1.82, 2.24) is 15.1 Å². The Kier molecular flexibility index (Phi) is 5.14. The van der Waals surface area contributed by atoms with Gasteiger partial charge >= 0.3 is 0 Å². The van der Waals surface area contributed by atoms with E-state index < -0.39 is 5.91 Å². The van der Waals surface area contributed by atoms with Crippen molar-refractivity contribution in [3.63, 3.8) is 0 Å². The van der Waals surface area contributed by atoms with Crippen LogP contribution < -0.4 is 11.1 Å². The van der Waals surface area contributed by atoms with Gasteiger partial charge in [0.15, 0.2) is 0 Å². The van der Waals surface area contributed by atoms with Gasteiger partial charge in [0.1, 0.15) is 0 Å². The van der Waals surface area contributed by atoms with Crippen LogP contribution in [0.5, 0.6) is 0 Å². The second kappa shape index (κ2) is 6.87. The summed E-state index contributed by atoms with van der Waals surface area (Å²) in [5.41, 5.74) is 7.72. The molecule has 1 unspecified atom stereocenters. The lowest BCUT2D eigenvalue weighted by Gasteiger charge is -2.18. The van der Waals surface area contributed by atoms with Crippen LogP contribution in [-0.4, -0.2) is 22.2 Å². The summed E-state index contributed by atoms with van der Waals surface area (Å²) in [7, 11) is 0. The van der Waals surface area contributed by atoms with Crippen LogP contribution in [0.3, 0.4) is 0 Å². The maximum atomic E-state index is 11.2. The summed E-state index contributed by atoms with van der Waals surface area (Å²) in [5, 5.41) is 7.70. The molecule has 3 N–H and O–H groups in total. The first-order chi connectivity index (χ1) is 10.0. The van der Waals surface area contributed by atoms with E-state index in [1.807, 2.05) is 12.1 Å². The van der Waals surface area contributed by atoms with Crippen LogP contribution in [0.2, 0.25) is 0 Å². The Bertz CT molecular complexity index is 638. The number of halogens is 1. The van der Waals surface area contributed by atoms with E-state index >= 15 is 0 Å². The third-order valence-electron chi connectivity index (χ3n) is 3.27. The van der Waals surface area contributed by atoms with Gasteiger partial charge in [0.05, 0.1) is 17.4 Å². The fourth-order valence-electron chi connectivity index (χ4n) is 2.13. The number of aromatic nitrogens is 2. The summed E-state index contributed by atoms with van der Waals surface area (Å²) in [4.78, 5) is 11.2. The molecule has 0 fully saturated rings. The molecule has 2 rings (SSSR count). The highest BCUT2D eigenvalue weighted by molar-refractivity contribution is 9.10. The largest absolute Gasteiger partial charge is 0.366 e. The summed E-state index contributed by atoms with van der Waals surface area (Å²) >= 11 is 3.48. The molecule has 1 aromatic carbocycles. The topological polar surface area (TPSA) is 72.9 Å². The van der Waals surface area contributed by atoms with E-state index in [1.165, 1.54) is 6.20 Å². The van der Waals surface area contributed by atoms with Gasteiger partial charge in [-0.25, -0.2) is 4.68 Å². The monoisotopic (exact) mass is 350 g/mol. The standard InChI is InChI=1S/C15H19BrN4O/c1-3-6-18-10(2)13-5-4-12(16)7-14(13)20-9-11(8-19-20)15(17)21/h4-5,7-10,18H,3,6H2,1-2H3,(H2,17,21). The second-order valence-corrected chi connectivity index (χ2v) is 5.83. The third kappa shape index (κ3) is 3.71. The molecule has 1 amide bonds. The molecule has 0 spiro atoms. The summed E-state index contributed by atoms with van der Waals surface area (Å²) in [6, 6.07) is 6.23. The average molecular weight is 351 g/mol. The van der Waals surface area contributed by atoms with Gasteiger partial charge in [-0.05, 0) is 37.6 Å². The van der Waals surface area contributed by atoms with Crippen molar-refractivity contribution in [2.75, 3.05) is 6.54 Å². The van der Waals surface area contributed by atoms with Crippen LogP contribution in [0, 0.1) is 0 Å². The zero-order chi connectivity index (χ0) is 15.4. The van der Waals surface area contributed by atoms with Crippen molar-refractivity contribution in [3.8, 4) is 5.69 Å². The van der Waals surface area contributed by atoms with Gasteiger partial charge in [-0.1, -0.05) is 28.9 Å². The molecule has 5 nitrogen and oxygen atoms in total. The molecule has 0 saturated heterocycles. The predicted molar refractivity (Wildman–Crippen MR) is 86.5 cm³/mol. The smallest absolute Gasteiger partial charge is 0.251 e. The number of rotatable bonds is 6. The Morgan fingerprint density at radius 1 is 1.52 bits per heavy atom. The minimum atomic E-state index is -0.477. The van der Waals surface area contributed by atoms with E-state index in [1.54, 1.807) is 10.9 Å². The highest BCUT2D eigenvalue weighted by atomic mass is 79.9. The Labute approximate surface area is 132 Å². The SMILES string of the molecule is CCCNC(C)c1ccc(Br)cc1-n1cc(C(N)=O)cn1. The van der Waals surface area contributed by atoms with E-state index in [4.69, 9.17) is 5.73 Å². The second-order valence-electron chi connectivity index (χ2n) is 4.92. The molecule has 0 bridgehead atoms. The van der Waals surface area contributed by atoms with Crippen LogP contribution in [0.1, 0.15) is 42.2 Å². The van der Waals surface area contributed by atoms with Crippen LogP contribution in [0.25, 0.3) is 5.69 Å². The van der Waals surface area contributed by atoms with Gasteiger partial charge in [-0.2, -0.15) is 5.10 Å². The van der Waals surface area contributed by atoms with Crippen LogP contribution in [0.15, 0.2) is 35.1 Å². The Morgan fingerprint density at radius 3 is 2.90 bits per heavy atom. The predicted octanol–water partition coefficient (Wildman–Crippen LogP) is 2.79. The number of hydrogen-bond donors (Lipinski definition) is 2. The molecule has 0 aliphatic heterocycles. The van der Waals surface area contributed by atoms with E-state index in [-0.39, 0.29) is 6.04 Å². The van der Waals surface area contributed by atoms with Crippen LogP contribution in [-0.2, 0) is 0 Å². The summed E-state index contributed by atoms with van der Waals surface area (Å²) < 4.78 is 2.64. The molecule has 0 radical (unpaired) electrons. The number of carbonyl (C=O) groups excluding carboxylic acids is 1. The Balaban J connectivity index is 2.40. The first-order valence-electron chi connectivity index (χ1n) is 6.90. The Morgan fingerprint density at radius 2 is 2.29 bits per heavy atom. The number of amides is 1. The summed E-state index contributed by atoms with van der Waals surface area (Å²) in [6.45, 7) is 5.19. The lowest BCUT2D eigenvalue weighted by molar-refractivity contribution is 0.100. The summed E-state index contributed by atoms with van der Waals surface area (Å²) in [6.07, 6.45) is 4.21. The highest BCUT2D eigenvalue weighted by Crippen LogP contribution is 2.25. The minimum Gasteiger partial charge on any atom is -0.366 e. The molecule has 112 valence electrons. The normalized spacial score (nSPS) is 12.3. The first-order valence-corrected chi connectivity index (χ1v) is 7.70. The molecular weight excluding hydrogens is 332 g/mol. The highest BCUT2D eigenvalue weighted by Gasteiger charge is 2.14. The number of nitrogens with zero attached hydrogens (tertiary/aromatic N) is 2. The molecular formula is C15H19BrN4O. The van der Waals surface area contributed by atoms with E-state index in [0.717, 1.165) is 28.7 Å². The number of nitrogens with one attached hydrogen (secondary N) is 1. The number of carbonyl (C=O) groups is 1. The Hall–Kier alpha value is -1.66. The first kappa shape index (κ1) is 15.7. The number of primary amides is 1. The van der Waals surface area contributed by atoms with Gasteiger partial charge < -0.3 is 11.1 Å². The zero-order valence-corrected chi connectivity index (χ0v) is 13.7. The average Bonchev–Trinajstić information content (AvgIpc) is 2.94. The molecule has 1 heterocycles. The third-order valence-corrected chi connectivity index (χ3v) is 3.77. The summed E-state index contributed by atoms with van der Waals surface area (Å²) in [5.74, 6) is -0.477. The zero-order valence-electron chi connectivity index (χ0n) is 12.1. The quantitative estimate of drug-likeness (QED) is 0.841. The van der Waals surface area contributed by atoms with E-state index in [2.05, 4.69) is 46.3 Å². The van der Waals surface area contributed by atoms with Gasteiger partial charge in [-0.15, -0.1) is 0 Å². The fraction of sp³-hybridized carbons (Fsp3) is 0.333. The van der Waals surface area contributed by atoms with Crippen molar-refractivity contribution in [3.05, 3.63) is 46.2 Å². The van der Waals surface area contributed by atoms with E-state index in [9.17, 15) is 4.79 Å². The van der Waals surface area contributed by atoms with Gasteiger partial charge in [-0.3, -0.25) is 4.79 Å². The lowest BCUT2D eigenvalue weighted by atomic mass is 10.1. The van der Waals surface area contributed by atoms with Crippen molar-refractivity contribution >= 4 is 21.8 Å². The van der Waals surface area contributed by atoms with Gasteiger partial charge in [0, 0.05) is 16.7 Å². The minimum absolute atomic E-state index is 0.189. The molecule has 2 aromatic rings. The lowest BCUT2D eigenvalue weighted by Crippen LogP contribution is -2.21. The maximum Gasteiger partial charge on any atom is 0.251 e. The van der Waals surface area contributed by atoms with E-state index in [0.29, 0.717) is 5.56 Å². The molecule has 1 aromatic heterocycles. The van der Waals surface area contributed by atoms with Crippen molar-refractivity contribution < 1.29 is 4.79 Å². The maximum absolute atomic E-state index is 11.2. The van der Waals surface area contributed by atoms with Crippen LogP contribution >= 0.6 is 15.9 Å². The molecule has 6 heteroatoms.